The molecule has 24 heavy (non-hydrogen) atoms. The van der Waals surface area contributed by atoms with Crippen LogP contribution in [-0.2, 0) is 6.42 Å². The van der Waals surface area contributed by atoms with Crippen molar-refractivity contribution in [3.8, 4) is 0 Å². The number of carbonyl (C=O) groups is 2. The molecule has 2 aromatic rings. The average molecular weight is 328 g/mol. The van der Waals surface area contributed by atoms with Crippen molar-refractivity contribution in [1.29, 1.82) is 0 Å². The second-order valence-corrected chi connectivity index (χ2v) is 6.26. The third-order valence-corrected chi connectivity index (χ3v) is 4.37. The van der Waals surface area contributed by atoms with Crippen LogP contribution < -0.4 is 0 Å². The molecule has 1 unspecified atom stereocenters. The number of likely N-dealkylation sites (tertiary alicyclic amines) is 1. The maximum Gasteiger partial charge on any atom is 0.335 e. The molecular weight excluding hydrogens is 308 g/mol. The Hall–Kier alpha value is -2.63. The molecule has 126 valence electrons. The summed E-state index contributed by atoms with van der Waals surface area (Å²) >= 11 is 0. The van der Waals surface area contributed by atoms with E-state index in [4.69, 9.17) is 9.52 Å². The molecule has 1 fully saturated rings. The summed E-state index contributed by atoms with van der Waals surface area (Å²) in [5.41, 5.74) is 1.90. The summed E-state index contributed by atoms with van der Waals surface area (Å²) < 4.78 is 5.42. The molecule has 6 heteroatoms. The van der Waals surface area contributed by atoms with Gasteiger partial charge < -0.3 is 14.4 Å². The van der Waals surface area contributed by atoms with E-state index in [1.807, 2.05) is 6.07 Å². The summed E-state index contributed by atoms with van der Waals surface area (Å²) in [6.07, 6.45) is 1.66. The van der Waals surface area contributed by atoms with Gasteiger partial charge in [0.15, 0.2) is 5.89 Å². The van der Waals surface area contributed by atoms with Crippen LogP contribution in [0.15, 0.2) is 28.7 Å². The minimum Gasteiger partial charge on any atom is -0.478 e. The van der Waals surface area contributed by atoms with Crippen LogP contribution in [0.3, 0.4) is 0 Å². The van der Waals surface area contributed by atoms with Gasteiger partial charge in [0, 0.05) is 20.0 Å². The van der Waals surface area contributed by atoms with Crippen LogP contribution in [0.5, 0.6) is 0 Å². The zero-order valence-electron chi connectivity index (χ0n) is 13.8. The van der Waals surface area contributed by atoms with E-state index in [1.54, 1.807) is 36.9 Å². The Labute approximate surface area is 140 Å². The number of aromatic nitrogens is 1. The van der Waals surface area contributed by atoms with Gasteiger partial charge in [0.05, 0.1) is 11.3 Å². The Bertz CT molecular complexity index is 781. The summed E-state index contributed by atoms with van der Waals surface area (Å²) in [6.45, 7) is 4.83. The molecule has 0 saturated carbocycles. The number of carboxylic acid groups (broad SMARTS) is 1. The van der Waals surface area contributed by atoms with E-state index in [0.29, 0.717) is 41.9 Å². The molecule has 2 heterocycles. The zero-order chi connectivity index (χ0) is 17.3. The van der Waals surface area contributed by atoms with Crippen LogP contribution in [0.25, 0.3) is 0 Å². The maximum absolute atomic E-state index is 12.5. The van der Waals surface area contributed by atoms with Gasteiger partial charge in [-0.1, -0.05) is 12.1 Å². The molecule has 0 aliphatic carbocycles. The zero-order valence-corrected chi connectivity index (χ0v) is 13.8. The fourth-order valence-corrected chi connectivity index (χ4v) is 3.22. The second kappa shape index (κ2) is 6.47. The summed E-state index contributed by atoms with van der Waals surface area (Å²) in [6, 6.07) is 6.99. The number of hydrogen-bond acceptors (Lipinski definition) is 4. The van der Waals surface area contributed by atoms with Crippen molar-refractivity contribution in [3.63, 3.8) is 0 Å². The second-order valence-electron chi connectivity index (χ2n) is 6.26. The van der Waals surface area contributed by atoms with Gasteiger partial charge in [-0.25, -0.2) is 9.78 Å². The molecule has 6 nitrogen and oxygen atoms in total. The van der Waals surface area contributed by atoms with E-state index in [2.05, 4.69) is 4.98 Å². The summed E-state index contributed by atoms with van der Waals surface area (Å²) in [5, 5.41) is 9.07. The van der Waals surface area contributed by atoms with Crippen LogP contribution in [-0.4, -0.2) is 40.0 Å². The third kappa shape index (κ3) is 3.32. The lowest BCUT2D eigenvalue weighted by Crippen LogP contribution is -2.29. The van der Waals surface area contributed by atoms with Gasteiger partial charge in [0.25, 0.3) is 5.91 Å². The van der Waals surface area contributed by atoms with E-state index in [9.17, 15) is 9.59 Å². The Morgan fingerprint density at radius 2 is 2.17 bits per heavy atom. The van der Waals surface area contributed by atoms with Crippen LogP contribution >= 0.6 is 0 Å². The maximum atomic E-state index is 12.5. The van der Waals surface area contributed by atoms with Gasteiger partial charge in [-0.3, -0.25) is 4.79 Å². The van der Waals surface area contributed by atoms with Gasteiger partial charge in [-0.2, -0.15) is 0 Å². The van der Waals surface area contributed by atoms with Crippen molar-refractivity contribution in [2.45, 2.75) is 26.7 Å². The Morgan fingerprint density at radius 1 is 1.38 bits per heavy atom. The number of aryl methyl sites for hydroxylation is 2. The monoisotopic (exact) mass is 328 g/mol. The summed E-state index contributed by atoms with van der Waals surface area (Å²) in [5.74, 6) is 0.103. The number of rotatable bonds is 4. The predicted octanol–water partition coefficient (Wildman–Crippen LogP) is 2.69. The minimum atomic E-state index is -0.920. The molecule has 1 aliphatic heterocycles. The Balaban J connectivity index is 1.65. The molecule has 0 radical (unpaired) electrons. The number of aromatic carboxylic acids is 1. The highest BCUT2D eigenvalue weighted by Crippen LogP contribution is 2.24. The number of benzene rings is 1. The Kier molecular flexibility index (Phi) is 4.38. The lowest BCUT2D eigenvalue weighted by Gasteiger charge is -2.15. The number of amides is 1. The molecule has 0 spiro atoms. The first kappa shape index (κ1) is 16.2. The predicted molar refractivity (Wildman–Crippen MR) is 87.1 cm³/mol. The van der Waals surface area contributed by atoms with Gasteiger partial charge in [0.1, 0.15) is 0 Å². The topological polar surface area (TPSA) is 83.6 Å². The van der Waals surface area contributed by atoms with Crippen molar-refractivity contribution in [3.05, 3.63) is 52.7 Å². The quantitative estimate of drug-likeness (QED) is 0.933. The fourth-order valence-electron chi connectivity index (χ4n) is 3.22. The van der Waals surface area contributed by atoms with E-state index < -0.39 is 5.97 Å². The molecule has 1 aliphatic rings. The molecule has 1 N–H and O–H groups in total. The van der Waals surface area contributed by atoms with E-state index in [1.165, 1.54) is 0 Å². The standard InChI is InChI=1S/C18H20N2O4/c1-11-16(24-12(2)19-11)17(21)20-7-6-14(10-20)8-13-4-3-5-15(9-13)18(22)23/h3-5,9,14H,6-8,10H2,1-2H3,(H,22,23). The van der Waals surface area contributed by atoms with Gasteiger partial charge in [-0.15, -0.1) is 0 Å². The van der Waals surface area contributed by atoms with Crippen molar-refractivity contribution in [2.75, 3.05) is 13.1 Å². The van der Waals surface area contributed by atoms with Crippen LogP contribution in [0.1, 0.15) is 44.5 Å². The van der Waals surface area contributed by atoms with Crippen molar-refractivity contribution < 1.29 is 19.1 Å². The molecule has 1 aromatic carbocycles. The first-order chi connectivity index (χ1) is 11.4. The first-order valence-electron chi connectivity index (χ1n) is 7.99. The van der Waals surface area contributed by atoms with Crippen molar-refractivity contribution in [2.24, 2.45) is 5.92 Å². The Morgan fingerprint density at radius 3 is 2.83 bits per heavy atom. The molecule has 3 rings (SSSR count). The molecule has 1 amide bonds. The van der Waals surface area contributed by atoms with E-state index in [-0.39, 0.29) is 5.91 Å². The summed E-state index contributed by atoms with van der Waals surface area (Å²) in [7, 11) is 0. The SMILES string of the molecule is Cc1nc(C)c(C(=O)N2CCC(Cc3cccc(C(=O)O)c3)C2)o1. The highest BCUT2D eigenvalue weighted by Gasteiger charge is 2.30. The van der Waals surface area contributed by atoms with Crippen LogP contribution in [0.4, 0.5) is 0 Å². The molecular formula is C18H20N2O4. The minimum absolute atomic E-state index is 0.116. The molecule has 1 atom stereocenters. The van der Waals surface area contributed by atoms with Crippen molar-refractivity contribution >= 4 is 11.9 Å². The molecule has 1 aromatic heterocycles. The highest BCUT2D eigenvalue weighted by atomic mass is 16.4. The summed E-state index contributed by atoms with van der Waals surface area (Å²) in [4.78, 5) is 29.5. The van der Waals surface area contributed by atoms with Gasteiger partial charge >= 0.3 is 5.97 Å². The first-order valence-corrected chi connectivity index (χ1v) is 7.99. The van der Waals surface area contributed by atoms with Crippen LogP contribution in [0.2, 0.25) is 0 Å². The fraction of sp³-hybridized carbons (Fsp3) is 0.389. The van der Waals surface area contributed by atoms with E-state index in [0.717, 1.165) is 18.4 Å². The lowest BCUT2D eigenvalue weighted by molar-refractivity contribution is 0.0695. The average Bonchev–Trinajstić information content (AvgIpc) is 3.13. The van der Waals surface area contributed by atoms with Gasteiger partial charge in [0.2, 0.25) is 5.76 Å². The van der Waals surface area contributed by atoms with Crippen molar-refractivity contribution in [1.82, 2.24) is 9.88 Å². The third-order valence-electron chi connectivity index (χ3n) is 4.37. The number of carbonyl (C=O) groups excluding carboxylic acids is 1. The van der Waals surface area contributed by atoms with Crippen LogP contribution in [0, 0.1) is 19.8 Å². The lowest BCUT2D eigenvalue weighted by atomic mass is 9.97. The highest BCUT2D eigenvalue weighted by molar-refractivity contribution is 5.92. The molecule has 0 bridgehead atoms. The van der Waals surface area contributed by atoms with Gasteiger partial charge in [-0.05, 0) is 43.4 Å². The normalized spacial score (nSPS) is 17.2. The number of carboxylic acids is 1. The molecule has 1 saturated heterocycles. The number of nitrogens with zero attached hydrogens (tertiary/aromatic N) is 2. The number of oxazole rings is 1. The largest absolute Gasteiger partial charge is 0.478 e. The smallest absolute Gasteiger partial charge is 0.335 e. The number of hydrogen-bond donors (Lipinski definition) is 1. The van der Waals surface area contributed by atoms with E-state index >= 15 is 0 Å².